The first-order valence-corrected chi connectivity index (χ1v) is 8.55. The lowest BCUT2D eigenvalue weighted by molar-refractivity contribution is -0.301. The second-order valence-corrected chi connectivity index (χ2v) is 6.84. The van der Waals surface area contributed by atoms with Crippen LogP contribution in [0.5, 0.6) is 0 Å². The van der Waals surface area contributed by atoms with Crippen molar-refractivity contribution in [2.45, 2.75) is 18.6 Å². The number of hydrogen-bond donors (Lipinski definition) is 0. The third-order valence-electron chi connectivity index (χ3n) is 3.39. The van der Waals surface area contributed by atoms with Crippen LogP contribution in [0.25, 0.3) is 0 Å². The molecule has 5 heteroatoms. The molecule has 0 aliphatic heterocycles. The first-order valence-electron chi connectivity index (χ1n) is 7.12. The molecule has 0 aliphatic carbocycles. The van der Waals surface area contributed by atoms with Crippen LogP contribution in [0.1, 0.15) is 33.2 Å². The molecular formula is C18H16ClO3S-. The average molecular weight is 348 g/mol. The summed E-state index contributed by atoms with van der Waals surface area (Å²) in [5, 5.41) is 11.1. The van der Waals surface area contributed by atoms with Gasteiger partial charge in [-0.25, -0.2) is 0 Å². The minimum Gasteiger partial charge on any atom is -0.549 e. The zero-order valence-corrected chi connectivity index (χ0v) is 14.2. The highest BCUT2D eigenvalue weighted by atomic mass is 35.5. The SMILES string of the molecule is Cc1ccc(C(=O)C[C@H](SCC(=O)[O-])c2ccc(Cl)cc2)cc1. The number of benzene rings is 2. The van der Waals surface area contributed by atoms with E-state index in [1.165, 1.54) is 11.8 Å². The van der Waals surface area contributed by atoms with Crippen LogP contribution in [-0.4, -0.2) is 17.5 Å². The van der Waals surface area contributed by atoms with Gasteiger partial charge in [0.1, 0.15) is 0 Å². The van der Waals surface area contributed by atoms with Gasteiger partial charge in [-0.3, -0.25) is 4.79 Å². The van der Waals surface area contributed by atoms with Crippen molar-refractivity contribution in [1.29, 1.82) is 0 Å². The zero-order chi connectivity index (χ0) is 16.8. The van der Waals surface area contributed by atoms with E-state index in [1.807, 2.05) is 31.2 Å². The largest absolute Gasteiger partial charge is 0.549 e. The van der Waals surface area contributed by atoms with Crippen molar-refractivity contribution in [2.75, 3.05) is 5.75 Å². The number of hydrogen-bond acceptors (Lipinski definition) is 4. The fraction of sp³-hybridized carbons (Fsp3) is 0.222. The number of carboxylic acid groups (broad SMARTS) is 1. The molecule has 0 spiro atoms. The van der Waals surface area contributed by atoms with Crippen molar-refractivity contribution in [3.8, 4) is 0 Å². The molecule has 1 atom stereocenters. The summed E-state index contributed by atoms with van der Waals surface area (Å²) in [6.07, 6.45) is 0.225. The summed E-state index contributed by atoms with van der Waals surface area (Å²) >= 11 is 7.07. The van der Waals surface area contributed by atoms with Gasteiger partial charge >= 0.3 is 0 Å². The molecule has 0 radical (unpaired) electrons. The number of carboxylic acids is 1. The number of halogens is 1. The average Bonchev–Trinajstić information content (AvgIpc) is 2.52. The van der Waals surface area contributed by atoms with Crippen molar-refractivity contribution in [3.05, 3.63) is 70.2 Å². The summed E-state index contributed by atoms with van der Waals surface area (Å²) in [6.45, 7) is 1.96. The van der Waals surface area contributed by atoms with E-state index in [0.29, 0.717) is 10.6 Å². The quantitative estimate of drug-likeness (QED) is 0.720. The molecule has 0 aliphatic rings. The second-order valence-electron chi connectivity index (χ2n) is 5.22. The third-order valence-corrected chi connectivity index (χ3v) is 4.88. The highest BCUT2D eigenvalue weighted by Gasteiger charge is 2.18. The van der Waals surface area contributed by atoms with Gasteiger partial charge in [0.25, 0.3) is 0 Å². The first kappa shape index (κ1) is 17.6. The van der Waals surface area contributed by atoms with Crippen LogP contribution in [0.2, 0.25) is 5.02 Å². The lowest BCUT2D eigenvalue weighted by Gasteiger charge is -2.17. The molecule has 2 rings (SSSR count). The van der Waals surface area contributed by atoms with Crippen LogP contribution in [0.3, 0.4) is 0 Å². The minimum atomic E-state index is -1.14. The summed E-state index contributed by atoms with van der Waals surface area (Å²) in [6, 6.07) is 14.5. The molecule has 2 aromatic carbocycles. The summed E-state index contributed by atoms with van der Waals surface area (Å²) in [5.41, 5.74) is 2.59. The molecule has 0 amide bonds. The van der Waals surface area contributed by atoms with Crippen molar-refractivity contribution < 1.29 is 14.7 Å². The van der Waals surface area contributed by atoms with Crippen LogP contribution in [0.15, 0.2) is 48.5 Å². The zero-order valence-electron chi connectivity index (χ0n) is 12.6. The standard InChI is InChI=1S/C18H17ClO3S/c1-12-2-4-13(5-3-12)16(20)10-17(23-11-18(21)22)14-6-8-15(19)9-7-14/h2-9,17H,10-11H2,1H3,(H,21,22)/p-1/t17-/m0/s1. The number of ketones is 1. The van der Waals surface area contributed by atoms with E-state index in [-0.39, 0.29) is 23.2 Å². The molecule has 0 unspecified atom stereocenters. The first-order chi connectivity index (χ1) is 11.0. The van der Waals surface area contributed by atoms with Crippen molar-refractivity contribution >= 4 is 35.1 Å². The topological polar surface area (TPSA) is 57.2 Å². The molecule has 0 bridgehead atoms. The lowest BCUT2D eigenvalue weighted by Crippen LogP contribution is -2.25. The number of rotatable bonds is 7. The fourth-order valence-electron chi connectivity index (χ4n) is 2.14. The Balaban J connectivity index is 2.16. The summed E-state index contributed by atoms with van der Waals surface area (Å²) < 4.78 is 0. The van der Waals surface area contributed by atoms with E-state index < -0.39 is 5.97 Å². The van der Waals surface area contributed by atoms with Crippen LogP contribution >= 0.6 is 23.4 Å². The monoisotopic (exact) mass is 347 g/mol. The second kappa shape index (κ2) is 8.18. The predicted molar refractivity (Wildman–Crippen MR) is 91.8 cm³/mol. The van der Waals surface area contributed by atoms with Crippen molar-refractivity contribution in [1.82, 2.24) is 0 Å². The number of carbonyl (C=O) groups is 2. The van der Waals surface area contributed by atoms with Gasteiger partial charge in [-0.05, 0) is 24.6 Å². The van der Waals surface area contributed by atoms with Crippen molar-refractivity contribution in [3.63, 3.8) is 0 Å². The number of aliphatic carboxylic acids is 1. The summed E-state index contributed by atoms with van der Waals surface area (Å²) in [5.74, 6) is -1.32. The van der Waals surface area contributed by atoms with E-state index in [9.17, 15) is 14.7 Å². The van der Waals surface area contributed by atoms with Gasteiger partial charge in [0.05, 0.1) is 5.97 Å². The molecule has 0 fully saturated rings. The Bertz CT molecular complexity index is 680. The van der Waals surface area contributed by atoms with Gasteiger partial charge < -0.3 is 9.90 Å². The van der Waals surface area contributed by atoms with E-state index in [4.69, 9.17) is 11.6 Å². The molecule has 0 saturated carbocycles. The maximum absolute atomic E-state index is 12.4. The van der Waals surface area contributed by atoms with Crippen molar-refractivity contribution in [2.24, 2.45) is 0 Å². The Hall–Kier alpha value is -1.78. The molecule has 0 saturated heterocycles. The Morgan fingerprint density at radius 2 is 1.70 bits per heavy atom. The Labute approximate surface area is 144 Å². The minimum absolute atomic E-state index is 0.0178. The van der Waals surface area contributed by atoms with E-state index in [0.717, 1.165) is 11.1 Å². The van der Waals surface area contributed by atoms with E-state index in [1.54, 1.807) is 24.3 Å². The maximum Gasteiger partial charge on any atom is 0.164 e. The number of thioether (sulfide) groups is 1. The maximum atomic E-state index is 12.4. The molecule has 2 aromatic rings. The highest BCUT2D eigenvalue weighted by Crippen LogP contribution is 2.33. The van der Waals surface area contributed by atoms with E-state index >= 15 is 0 Å². The molecule has 0 N–H and O–H groups in total. The van der Waals surface area contributed by atoms with Gasteiger partial charge in [-0.1, -0.05) is 53.6 Å². The van der Waals surface area contributed by atoms with Gasteiger partial charge in [-0.2, -0.15) is 0 Å². The summed E-state index contributed by atoms with van der Waals surface area (Å²) in [4.78, 5) is 23.2. The molecule has 0 heterocycles. The van der Waals surface area contributed by atoms with Crippen LogP contribution in [0, 0.1) is 6.92 Å². The molecular weight excluding hydrogens is 332 g/mol. The van der Waals surface area contributed by atoms with Gasteiger partial charge in [-0.15, -0.1) is 11.8 Å². The van der Waals surface area contributed by atoms with Gasteiger partial charge in [0.15, 0.2) is 5.78 Å². The van der Waals surface area contributed by atoms with Gasteiger partial charge in [0.2, 0.25) is 0 Å². The fourth-order valence-corrected chi connectivity index (χ4v) is 3.23. The molecule has 0 aromatic heterocycles. The summed E-state index contributed by atoms with van der Waals surface area (Å²) in [7, 11) is 0. The molecule has 23 heavy (non-hydrogen) atoms. The highest BCUT2D eigenvalue weighted by molar-refractivity contribution is 8.00. The normalized spacial score (nSPS) is 11.9. The lowest BCUT2D eigenvalue weighted by atomic mass is 10.0. The Morgan fingerprint density at radius 3 is 2.26 bits per heavy atom. The molecule has 120 valence electrons. The van der Waals surface area contributed by atoms with E-state index in [2.05, 4.69) is 0 Å². The predicted octanol–water partition coefficient (Wildman–Crippen LogP) is 3.45. The van der Waals surface area contributed by atoms with Crippen LogP contribution < -0.4 is 5.11 Å². The third kappa shape index (κ3) is 5.41. The van der Waals surface area contributed by atoms with Crippen LogP contribution in [0.4, 0.5) is 0 Å². The van der Waals surface area contributed by atoms with Gasteiger partial charge in [0, 0.05) is 28.0 Å². The smallest absolute Gasteiger partial charge is 0.164 e. The molecule has 3 nitrogen and oxygen atoms in total. The Morgan fingerprint density at radius 1 is 1.09 bits per heavy atom. The number of aryl methyl sites for hydroxylation is 1. The number of Topliss-reactive ketones (excluding diaryl/α,β-unsaturated/α-hetero) is 1. The Kier molecular flexibility index (Phi) is 6.25. The van der Waals surface area contributed by atoms with Crippen LogP contribution in [-0.2, 0) is 4.79 Å². The number of carbonyl (C=O) groups excluding carboxylic acids is 2.